The Hall–Kier alpha value is -1.04. The number of halogens is 2. The minimum absolute atomic E-state index is 0.0654. The van der Waals surface area contributed by atoms with Crippen LogP contribution in [0.3, 0.4) is 0 Å². The lowest BCUT2D eigenvalue weighted by atomic mass is 10.00. The van der Waals surface area contributed by atoms with Gasteiger partial charge in [0.05, 0.1) is 15.0 Å². The van der Waals surface area contributed by atoms with Crippen molar-refractivity contribution in [3.8, 4) is 0 Å². The molecule has 1 heterocycles. The molecular weight excluding hydrogens is 301 g/mol. The molecule has 5 nitrogen and oxygen atoms in total. The van der Waals surface area contributed by atoms with Crippen LogP contribution in [0.25, 0.3) is 0 Å². The second kappa shape index (κ2) is 6.16. The van der Waals surface area contributed by atoms with Crippen LogP contribution in [0.2, 0.25) is 10.0 Å². The van der Waals surface area contributed by atoms with Gasteiger partial charge in [0, 0.05) is 18.2 Å². The van der Waals surface area contributed by atoms with Crippen LogP contribution in [0.15, 0.2) is 12.1 Å². The monoisotopic (exact) mass is 317 g/mol. The number of nitrogens with zero attached hydrogens (tertiary/aromatic N) is 2. The largest absolute Gasteiger partial charge is 0.312 e. The fourth-order valence-electron chi connectivity index (χ4n) is 2.56. The molecule has 2 unspecified atom stereocenters. The summed E-state index contributed by atoms with van der Waals surface area (Å²) in [6, 6.07) is 3.42. The minimum Gasteiger partial charge on any atom is -0.312 e. The van der Waals surface area contributed by atoms with Crippen molar-refractivity contribution in [2.75, 3.05) is 5.43 Å². The van der Waals surface area contributed by atoms with Gasteiger partial charge in [0.2, 0.25) is 0 Å². The van der Waals surface area contributed by atoms with Crippen molar-refractivity contribution in [2.24, 2.45) is 0 Å². The standard InChI is InChI=1S/C13H17Cl2N3O2/c1-8-4-3-5-9(2)17(8)16-12-6-10(14)11(15)7-13(12)18(19)20/h6-9,16H,3-5H2,1-2H3. The van der Waals surface area contributed by atoms with Crippen LogP contribution in [-0.2, 0) is 0 Å². The SMILES string of the molecule is CC1CCCC(C)N1Nc1cc(Cl)c(Cl)cc1[N+](=O)[O-]. The molecule has 0 bridgehead atoms. The molecule has 0 aromatic heterocycles. The molecular formula is C13H17Cl2N3O2. The molecule has 1 aliphatic rings. The number of benzene rings is 1. The lowest BCUT2D eigenvalue weighted by molar-refractivity contribution is -0.384. The molecule has 1 N–H and O–H groups in total. The van der Waals surface area contributed by atoms with Crippen LogP contribution in [0, 0.1) is 10.1 Å². The summed E-state index contributed by atoms with van der Waals surface area (Å²) in [5.74, 6) is 0. The van der Waals surface area contributed by atoms with E-state index in [1.54, 1.807) is 0 Å². The van der Waals surface area contributed by atoms with E-state index >= 15 is 0 Å². The third-order valence-electron chi connectivity index (χ3n) is 3.68. The van der Waals surface area contributed by atoms with Crippen LogP contribution in [0.5, 0.6) is 0 Å². The first kappa shape index (κ1) is 15.4. The Morgan fingerprint density at radius 3 is 2.35 bits per heavy atom. The van der Waals surface area contributed by atoms with Crippen LogP contribution < -0.4 is 5.43 Å². The predicted octanol–water partition coefficient (Wildman–Crippen LogP) is 4.49. The molecule has 1 fully saturated rings. The topological polar surface area (TPSA) is 58.4 Å². The molecule has 20 heavy (non-hydrogen) atoms. The number of hydrogen-bond acceptors (Lipinski definition) is 4. The summed E-state index contributed by atoms with van der Waals surface area (Å²) < 4.78 is 0. The Kier molecular flexibility index (Phi) is 4.73. The van der Waals surface area contributed by atoms with E-state index in [4.69, 9.17) is 23.2 Å². The zero-order chi connectivity index (χ0) is 14.9. The average Bonchev–Trinajstić information content (AvgIpc) is 2.37. The van der Waals surface area contributed by atoms with Crippen molar-refractivity contribution in [3.05, 3.63) is 32.3 Å². The second-order valence-corrected chi connectivity index (χ2v) is 6.00. The number of anilines is 1. The summed E-state index contributed by atoms with van der Waals surface area (Å²) in [5, 5.41) is 13.7. The number of piperidine rings is 1. The van der Waals surface area contributed by atoms with Gasteiger partial charge >= 0.3 is 0 Å². The van der Waals surface area contributed by atoms with Gasteiger partial charge in [-0.05, 0) is 32.8 Å². The Morgan fingerprint density at radius 2 is 1.80 bits per heavy atom. The van der Waals surface area contributed by atoms with Gasteiger partial charge in [0.25, 0.3) is 5.69 Å². The summed E-state index contributed by atoms with van der Waals surface area (Å²) in [6.07, 6.45) is 3.29. The lowest BCUT2D eigenvalue weighted by Crippen LogP contribution is -2.47. The highest BCUT2D eigenvalue weighted by Gasteiger charge is 2.27. The van der Waals surface area contributed by atoms with Gasteiger partial charge in [-0.3, -0.25) is 10.1 Å². The van der Waals surface area contributed by atoms with Gasteiger partial charge in [0.15, 0.2) is 0 Å². The minimum atomic E-state index is -0.455. The third kappa shape index (κ3) is 3.16. The number of rotatable bonds is 3. The predicted molar refractivity (Wildman–Crippen MR) is 81.4 cm³/mol. The van der Waals surface area contributed by atoms with Crippen LogP contribution >= 0.6 is 23.2 Å². The van der Waals surface area contributed by atoms with Gasteiger partial charge in [-0.2, -0.15) is 0 Å². The molecule has 1 aromatic rings. The molecule has 0 saturated carbocycles. The summed E-state index contributed by atoms with van der Waals surface area (Å²) in [5.41, 5.74) is 3.46. The van der Waals surface area contributed by atoms with Crippen molar-refractivity contribution in [2.45, 2.75) is 45.2 Å². The fraction of sp³-hybridized carbons (Fsp3) is 0.538. The molecule has 1 aliphatic heterocycles. The lowest BCUT2D eigenvalue weighted by Gasteiger charge is -2.39. The van der Waals surface area contributed by atoms with Gasteiger partial charge in [-0.25, -0.2) is 5.01 Å². The summed E-state index contributed by atoms with van der Waals surface area (Å²) in [6.45, 7) is 4.21. The van der Waals surface area contributed by atoms with E-state index in [1.165, 1.54) is 18.6 Å². The van der Waals surface area contributed by atoms with Crippen molar-refractivity contribution in [1.29, 1.82) is 0 Å². The Labute approximate surface area is 128 Å². The maximum Gasteiger partial charge on any atom is 0.295 e. The van der Waals surface area contributed by atoms with Gasteiger partial charge in [-0.1, -0.05) is 29.6 Å². The van der Waals surface area contributed by atoms with Crippen LogP contribution in [0.4, 0.5) is 11.4 Å². The highest BCUT2D eigenvalue weighted by molar-refractivity contribution is 6.42. The van der Waals surface area contributed by atoms with E-state index in [9.17, 15) is 10.1 Å². The number of hydrazine groups is 1. The first-order valence-corrected chi connectivity index (χ1v) is 7.34. The molecule has 2 atom stereocenters. The highest BCUT2D eigenvalue weighted by atomic mass is 35.5. The smallest absolute Gasteiger partial charge is 0.295 e. The van der Waals surface area contributed by atoms with Gasteiger partial charge in [-0.15, -0.1) is 0 Å². The first-order chi connectivity index (χ1) is 9.40. The molecule has 0 radical (unpaired) electrons. The molecule has 0 spiro atoms. The van der Waals surface area contributed by atoms with Gasteiger partial charge < -0.3 is 5.43 Å². The molecule has 1 saturated heterocycles. The van der Waals surface area contributed by atoms with Crippen molar-refractivity contribution < 1.29 is 4.92 Å². The quantitative estimate of drug-likeness (QED) is 0.659. The maximum atomic E-state index is 11.1. The van der Waals surface area contributed by atoms with Crippen LogP contribution in [0.1, 0.15) is 33.1 Å². The van der Waals surface area contributed by atoms with Crippen LogP contribution in [-0.4, -0.2) is 22.0 Å². The number of nitrogens with one attached hydrogen (secondary N) is 1. The summed E-state index contributed by atoms with van der Waals surface area (Å²) >= 11 is 11.8. The zero-order valence-corrected chi connectivity index (χ0v) is 12.9. The first-order valence-electron chi connectivity index (χ1n) is 6.58. The second-order valence-electron chi connectivity index (χ2n) is 5.19. The fourth-order valence-corrected chi connectivity index (χ4v) is 2.88. The van der Waals surface area contributed by atoms with E-state index in [-0.39, 0.29) is 10.7 Å². The van der Waals surface area contributed by atoms with Crippen molar-refractivity contribution in [3.63, 3.8) is 0 Å². The number of nitro groups is 1. The van der Waals surface area contributed by atoms with Crippen molar-refractivity contribution >= 4 is 34.6 Å². The molecule has 7 heteroatoms. The Morgan fingerprint density at radius 1 is 1.25 bits per heavy atom. The molecule has 1 aromatic carbocycles. The van der Waals surface area contributed by atoms with Crippen molar-refractivity contribution in [1.82, 2.24) is 5.01 Å². The zero-order valence-electron chi connectivity index (χ0n) is 11.4. The number of hydrogen-bond donors (Lipinski definition) is 1. The van der Waals surface area contributed by atoms with E-state index in [0.29, 0.717) is 22.8 Å². The van der Waals surface area contributed by atoms with E-state index < -0.39 is 4.92 Å². The highest BCUT2D eigenvalue weighted by Crippen LogP contribution is 2.35. The maximum absolute atomic E-state index is 11.1. The van der Waals surface area contributed by atoms with E-state index in [0.717, 1.165) is 12.8 Å². The summed E-state index contributed by atoms with van der Waals surface area (Å²) in [4.78, 5) is 10.7. The Bertz CT molecular complexity index is 515. The van der Waals surface area contributed by atoms with Gasteiger partial charge in [0.1, 0.15) is 5.69 Å². The van der Waals surface area contributed by atoms with E-state index in [1.807, 2.05) is 0 Å². The summed E-state index contributed by atoms with van der Waals surface area (Å²) in [7, 11) is 0. The normalized spacial score (nSPS) is 23.6. The van der Waals surface area contributed by atoms with E-state index in [2.05, 4.69) is 24.3 Å². The number of nitro benzene ring substituents is 1. The Balaban J connectivity index is 2.32. The molecule has 0 aliphatic carbocycles. The molecule has 0 amide bonds. The average molecular weight is 318 g/mol. The molecule has 110 valence electrons. The molecule has 2 rings (SSSR count). The third-order valence-corrected chi connectivity index (χ3v) is 4.40.